The second-order valence-electron chi connectivity index (χ2n) is 6.21. The van der Waals surface area contributed by atoms with Crippen LogP contribution in [-0.4, -0.2) is 12.6 Å². The van der Waals surface area contributed by atoms with Crippen LogP contribution in [0.4, 0.5) is 4.39 Å². The van der Waals surface area contributed by atoms with Crippen LogP contribution in [0.5, 0.6) is 0 Å². The van der Waals surface area contributed by atoms with Gasteiger partial charge in [0, 0.05) is 16.8 Å². The van der Waals surface area contributed by atoms with Gasteiger partial charge in [-0.15, -0.1) is 0 Å². The SMILES string of the molecule is CCCNC(C)CC(C)(C)c1cc2cccc(F)c2o1. The second kappa shape index (κ2) is 5.96. The maximum absolute atomic E-state index is 13.7. The first-order valence-electron chi connectivity index (χ1n) is 7.36. The van der Waals surface area contributed by atoms with Crippen molar-refractivity contribution in [1.82, 2.24) is 5.32 Å². The summed E-state index contributed by atoms with van der Waals surface area (Å²) in [5.41, 5.74) is 0.246. The molecule has 1 aromatic heterocycles. The van der Waals surface area contributed by atoms with Gasteiger partial charge in [0.1, 0.15) is 5.76 Å². The van der Waals surface area contributed by atoms with Gasteiger partial charge in [0.2, 0.25) is 0 Å². The molecule has 20 heavy (non-hydrogen) atoms. The zero-order valence-electron chi connectivity index (χ0n) is 12.8. The molecule has 0 spiro atoms. The molecule has 1 atom stereocenters. The Morgan fingerprint density at radius 1 is 1.35 bits per heavy atom. The van der Waals surface area contributed by atoms with E-state index in [4.69, 9.17) is 4.42 Å². The average Bonchev–Trinajstić information content (AvgIpc) is 2.82. The minimum absolute atomic E-state index is 0.119. The molecule has 0 radical (unpaired) electrons. The van der Waals surface area contributed by atoms with Crippen molar-refractivity contribution in [3.63, 3.8) is 0 Å². The topological polar surface area (TPSA) is 25.2 Å². The van der Waals surface area contributed by atoms with E-state index >= 15 is 0 Å². The molecule has 0 aliphatic heterocycles. The first-order valence-corrected chi connectivity index (χ1v) is 7.36. The predicted molar refractivity (Wildman–Crippen MR) is 81.6 cm³/mol. The van der Waals surface area contributed by atoms with Crippen LogP contribution < -0.4 is 5.32 Å². The van der Waals surface area contributed by atoms with Gasteiger partial charge in [0.25, 0.3) is 0 Å². The zero-order valence-corrected chi connectivity index (χ0v) is 12.8. The molecule has 1 aromatic carbocycles. The highest BCUT2D eigenvalue weighted by Gasteiger charge is 2.27. The van der Waals surface area contributed by atoms with E-state index in [1.807, 2.05) is 12.1 Å². The molecule has 2 rings (SSSR count). The van der Waals surface area contributed by atoms with Gasteiger partial charge in [0.05, 0.1) is 0 Å². The standard InChI is InChI=1S/C17H24FNO/c1-5-9-19-12(2)11-17(3,4)15-10-13-7-6-8-14(18)16(13)20-15/h6-8,10,12,19H,5,9,11H2,1-4H3. The highest BCUT2D eigenvalue weighted by Crippen LogP contribution is 2.33. The smallest absolute Gasteiger partial charge is 0.169 e. The van der Waals surface area contributed by atoms with Crippen molar-refractivity contribution < 1.29 is 8.81 Å². The van der Waals surface area contributed by atoms with Gasteiger partial charge >= 0.3 is 0 Å². The number of benzene rings is 1. The van der Waals surface area contributed by atoms with Crippen LogP contribution in [0.3, 0.4) is 0 Å². The molecular formula is C17H24FNO. The first-order chi connectivity index (χ1) is 9.44. The Morgan fingerprint density at radius 3 is 2.75 bits per heavy atom. The molecule has 0 fully saturated rings. The molecule has 110 valence electrons. The molecule has 0 amide bonds. The molecule has 0 saturated heterocycles. The lowest BCUT2D eigenvalue weighted by Crippen LogP contribution is -2.33. The molecule has 0 aliphatic rings. The average molecular weight is 277 g/mol. The number of rotatable bonds is 6. The van der Waals surface area contributed by atoms with Gasteiger partial charge in [-0.3, -0.25) is 0 Å². The van der Waals surface area contributed by atoms with E-state index in [0.717, 1.165) is 30.5 Å². The van der Waals surface area contributed by atoms with Crippen LogP contribution in [0, 0.1) is 5.82 Å². The lowest BCUT2D eigenvalue weighted by atomic mass is 9.83. The Kier molecular flexibility index (Phi) is 4.48. The number of para-hydroxylation sites is 1. The summed E-state index contributed by atoms with van der Waals surface area (Å²) in [6, 6.07) is 7.41. The largest absolute Gasteiger partial charge is 0.457 e. The third kappa shape index (κ3) is 3.21. The van der Waals surface area contributed by atoms with E-state index in [9.17, 15) is 4.39 Å². The summed E-state index contributed by atoms with van der Waals surface area (Å²) in [6.45, 7) is 9.65. The number of halogens is 1. The summed E-state index contributed by atoms with van der Waals surface area (Å²) in [5.74, 6) is 0.560. The van der Waals surface area contributed by atoms with E-state index in [2.05, 4.69) is 33.0 Å². The van der Waals surface area contributed by atoms with Crippen molar-refractivity contribution in [2.45, 2.75) is 52.0 Å². The summed E-state index contributed by atoms with van der Waals surface area (Å²) in [6.07, 6.45) is 2.08. The normalized spacial score (nSPS) is 13.8. The van der Waals surface area contributed by atoms with E-state index in [-0.39, 0.29) is 11.2 Å². The van der Waals surface area contributed by atoms with E-state index in [0.29, 0.717) is 11.6 Å². The molecule has 0 aliphatic carbocycles. The fourth-order valence-electron chi connectivity index (χ4n) is 2.69. The molecule has 1 N–H and O–H groups in total. The summed E-state index contributed by atoms with van der Waals surface area (Å²) in [4.78, 5) is 0. The van der Waals surface area contributed by atoms with Crippen molar-refractivity contribution in [2.24, 2.45) is 0 Å². The molecule has 3 heteroatoms. The molecule has 0 bridgehead atoms. The van der Waals surface area contributed by atoms with Crippen LogP contribution >= 0.6 is 0 Å². The monoisotopic (exact) mass is 277 g/mol. The van der Waals surface area contributed by atoms with Gasteiger partial charge < -0.3 is 9.73 Å². The fraction of sp³-hybridized carbons (Fsp3) is 0.529. The van der Waals surface area contributed by atoms with Crippen molar-refractivity contribution in [3.05, 3.63) is 35.8 Å². The fourth-order valence-corrected chi connectivity index (χ4v) is 2.69. The summed E-state index contributed by atoms with van der Waals surface area (Å²) in [7, 11) is 0. The third-order valence-corrected chi connectivity index (χ3v) is 3.72. The summed E-state index contributed by atoms with van der Waals surface area (Å²) >= 11 is 0. The molecule has 2 aromatic rings. The lowest BCUT2D eigenvalue weighted by molar-refractivity contribution is 0.332. The Balaban J connectivity index is 2.20. The Morgan fingerprint density at radius 2 is 2.10 bits per heavy atom. The lowest BCUT2D eigenvalue weighted by Gasteiger charge is -2.26. The maximum Gasteiger partial charge on any atom is 0.169 e. The van der Waals surface area contributed by atoms with Crippen molar-refractivity contribution in [2.75, 3.05) is 6.54 Å². The van der Waals surface area contributed by atoms with Gasteiger partial charge in [-0.05, 0) is 38.4 Å². The Hall–Kier alpha value is -1.35. The third-order valence-electron chi connectivity index (χ3n) is 3.72. The first kappa shape index (κ1) is 15.0. The van der Waals surface area contributed by atoms with Crippen molar-refractivity contribution in [1.29, 1.82) is 0 Å². The van der Waals surface area contributed by atoms with E-state index in [1.165, 1.54) is 6.07 Å². The number of fused-ring (bicyclic) bond motifs is 1. The van der Waals surface area contributed by atoms with Gasteiger partial charge in [-0.25, -0.2) is 4.39 Å². The highest BCUT2D eigenvalue weighted by atomic mass is 19.1. The molecular weight excluding hydrogens is 253 g/mol. The molecule has 2 nitrogen and oxygen atoms in total. The molecule has 0 saturated carbocycles. The predicted octanol–water partition coefficient (Wildman–Crippen LogP) is 4.63. The number of nitrogens with one attached hydrogen (secondary N) is 1. The zero-order chi connectivity index (χ0) is 14.8. The Labute approximate surface area is 120 Å². The Bertz CT molecular complexity index is 573. The summed E-state index contributed by atoms with van der Waals surface area (Å²) in [5, 5.41) is 4.32. The number of furan rings is 1. The van der Waals surface area contributed by atoms with Crippen LogP contribution in [0.25, 0.3) is 11.0 Å². The van der Waals surface area contributed by atoms with Crippen LogP contribution in [0.1, 0.15) is 46.3 Å². The van der Waals surface area contributed by atoms with Crippen LogP contribution in [0.2, 0.25) is 0 Å². The summed E-state index contributed by atoms with van der Waals surface area (Å²) < 4.78 is 19.5. The molecule has 1 heterocycles. The number of hydrogen-bond acceptors (Lipinski definition) is 2. The van der Waals surface area contributed by atoms with Gasteiger partial charge in [-0.2, -0.15) is 0 Å². The van der Waals surface area contributed by atoms with Crippen LogP contribution in [0.15, 0.2) is 28.7 Å². The highest BCUT2D eigenvalue weighted by molar-refractivity contribution is 5.78. The van der Waals surface area contributed by atoms with E-state index < -0.39 is 0 Å². The van der Waals surface area contributed by atoms with Crippen molar-refractivity contribution >= 4 is 11.0 Å². The van der Waals surface area contributed by atoms with Crippen LogP contribution in [-0.2, 0) is 5.41 Å². The maximum atomic E-state index is 13.7. The van der Waals surface area contributed by atoms with Gasteiger partial charge in [-0.1, -0.05) is 32.9 Å². The van der Waals surface area contributed by atoms with E-state index in [1.54, 1.807) is 6.07 Å². The minimum Gasteiger partial charge on any atom is -0.457 e. The minimum atomic E-state index is -0.290. The quantitative estimate of drug-likeness (QED) is 0.833. The van der Waals surface area contributed by atoms with Crippen molar-refractivity contribution in [3.8, 4) is 0 Å². The second-order valence-corrected chi connectivity index (χ2v) is 6.21. The van der Waals surface area contributed by atoms with Gasteiger partial charge in [0.15, 0.2) is 11.4 Å². The molecule has 1 unspecified atom stereocenters. The number of hydrogen-bond donors (Lipinski definition) is 1.